The molecule has 0 radical (unpaired) electrons. The summed E-state index contributed by atoms with van der Waals surface area (Å²) in [4.78, 5) is 24.8. The first-order valence-electron chi connectivity index (χ1n) is 8.04. The molecule has 1 heterocycles. The van der Waals surface area contributed by atoms with Crippen LogP contribution in [0.15, 0.2) is 54.6 Å². The highest BCUT2D eigenvalue weighted by Gasteiger charge is 2.29. The number of hydrogen-bond donors (Lipinski definition) is 1. The zero-order valence-corrected chi connectivity index (χ0v) is 13.6. The van der Waals surface area contributed by atoms with Gasteiger partial charge < -0.3 is 19.5 Å². The van der Waals surface area contributed by atoms with Gasteiger partial charge in [0.2, 0.25) is 0 Å². The summed E-state index contributed by atoms with van der Waals surface area (Å²) < 4.78 is 10.8. The van der Waals surface area contributed by atoms with Gasteiger partial charge in [0.25, 0.3) is 5.91 Å². The van der Waals surface area contributed by atoms with Gasteiger partial charge in [-0.2, -0.15) is 0 Å². The first-order chi connectivity index (χ1) is 12.1. The van der Waals surface area contributed by atoms with Crippen LogP contribution < -0.4 is 4.74 Å². The van der Waals surface area contributed by atoms with Gasteiger partial charge in [-0.1, -0.05) is 48.5 Å². The molecule has 1 N–H and O–H groups in total. The Morgan fingerprint density at radius 1 is 1.12 bits per heavy atom. The molecule has 130 valence electrons. The minimum Gasteiger partial charge on any atom is -0.483 e. The summed E-state index contributed by atoms with van der Waals surface area (Å²) in [5.74, 6) is -0.699. The number of carbonyl (C=O) groups excluding carboxylic acids is 1. The summed E-state index contributed by atoms with van der Waals surface area (Å²) in [5.41, 5.74) is 1.91. The van der Waals surface area contributed by atoms with Crippen molar-refractivity contribution in [2.45, 2.75) is 6.10 Å². The van der Waals surface area contributed by atoms with E-state index in [2.05, 4.69) is 0 Å². The molecule has 2 aromatic carbocycles. The van der Waals surface area contributed by atoms with Crippen LogP contribution in [-0.4, -0.2) is 54.3 Å². The van der Waals surface area contributed by atoms with E-state index in [0.717, 1.165) is 11.1 Å². The van der Waals surface area contributed by atoms with Crippen LogP contribution in [0, 0.1) is 0 Å². The molecule has 1 aliphatic heterocycles. The summed E-state index contributed by atoms with van der Waals surface area (Å²) in [6.07, 6.45) is -0.977. The largest absolute Gasteiger partial charge is 0.483 e. The number of benzene rings is 2. The first-order valence-corrected chi connectivity index (χ1v) is 8.04. The van der Waals surface area contributed by atoms with E-state index in [4.69, 9.17) is 14.6 Å². The molecule has 6 nitrogen and oxygen atoms in total. The molecule has 1 fully saturated rings. The SMILES string of the molecule is O=C(O)[C@H]1CN(C(=O)COc2ccccc2-c2ccccc2)CCO1. The van der Waals surface area contributed by atoms with E-state index in [1.54, 1.807) is 0 Å². The van der Waals surface area contributed by atoms with Crippen molar-refractivity contribution >= 4 is 11.9 Å². The van der Waals surface area contributed by atoms with Crippen molar-refractivity contribution in [1.82, 2.24) is 4.90 Å². The summed E-state index contributed by atoms with van der Waals surface area (Å²) in [5, 5.41) is 9.01. The third kappa shape index (κ3) is 4.16. The standard InChI is InChI=1S/C19H19NO5/c21-18(20-10-11-24-17(12-20)19(22)23)13-25-16-9-5-4-8-15(16)14-6-2-1-3-7-14/h1-9,17H,10-13H2,(H,22,23)/t17-/m1/s1. The van der Waals surface area contributed by atoms with Gasteiger partial charge in [0.05, 0.1) is 13.2 Å². The zero-order valence-electron chi connectivity index (χ0n) is 13.6. The maximum Gasteiger partial charge on any atom is 0.334 e. The van der Waals surface area contributed by atoms with Crippen molar-refractivity contribution in [1.29, 1.82) is 0 Å². The van der Waals surface area contributed by atoms with E-state index in [-0.39, 0.29) is 25.7 Å². The topological polar surface area (TPSA) is 76.1 Å². The number of carboxylic acid groups (broad SMARTS) is 1. The van der Waals surface area contributed by atoms with E-state index in [1.165, 1.54) is 4.90 Å². The number of hydrogen-bond acceptors (Lipinski definition) is 4. The Balaban J connectivity index is 1.66. The summed E-state index contributed by atoms with van der Waals surface area (Å²) >= 11 is 0. The van der Waals surface area contributed by atoms with Crippen molar-refractivity contribution in [3.8, 4) is 16.9 Å². The predicted molar refractivity (Wildman–Crippen MR) is 91.3 cm³/mol. The van der Waals surface area contributed by atoms with Gasteiger partial charge in [0, 0.05) is 12.1 Å². The van der Waals surface area contributed by atoms with Gasteiger partial charge in [-0.15, -0.1) is 0 Å². The van der Waals surface area contributed by atoms with Crippen molar-refractivity contribution < 1.29 is 24.2 Å². The van der Waals surface area contributed by atoms with Gasteiger partial charge >= 0.3 is 5.97 Å². The van der Waals surface area contributed by atoms with Gasteiger partial charge in [-0.3, -0.25) is 4.79 Å². The second-order valence-corrected chi connectivity index (χ2v) is 5.69. The molecule has 1 aliphatic rings. The highest BCUT2D eigenvalue weighted by atomic mass is 16.5. The lowest BCUT2D eigenvalue weighted by molar-refractivity contribution is -0.159. The molecule has 0 saturated carbocycles. The predicted octanol–water partition coefficient (Wildman–Crippen LogP) is 2.04. The summed E-state index contributed by atoms with van der Waals surface area (Å²) in [6.45, 7) is 0.476. The Hall–Kier alpha value is -2.86. The number of carboxylic acids is 1. The average Bonchev–Trinajstić information content (AvgIpc) is 2.67. The Bertz CT molecular complexity index is 746. The number of ether oxygens (including phenoxy) is 2. The smallest absolute Gasteiger partial charge is 0.334 e. The van der Waals surface area contributed by atoms with Crippen molar-refractivity contribution in [3.63, 3.8) is 0 Å². The Labute approximate surface area is 145 Å². The third-order valence-electron chi connectivity index (χ3n) is 4.02. The van der Waals surface area contributed by atoms with Crippen LogP contribution >= 0.6 is 0 Å². The molecule has 25 heavy (non-hydrogen) atoms. The van der Waals surface area contributed by atoms with Crippen LogP contribution in [0.2, 0.25) is 0 Å². The monoisotopic (exact) mass is 341 g/mol. The molecule has 0 bridgehead atoms. The Morgan fingerprint density at radius 2 is 1.84 bits per heavy atom. The molecule has 1 amide bonds. The fraction of sp³-hybridized carbons (Fsp3) is 0.263. The molecule has 0 unspecified atom stereocenters. The van der Waals surface area contributed by atoms with Gasteiger partial charge in [0.15, 0.2) is 12.7 Å². The first kappa shape index (κ1) is 17.0. The van der Waals surface area contributed by atoms with E-state index < -0.39 is 12.1 Å². The van der Waals surface area contributed by atoms with Crippen molar-refractivity contribution in [2.24, 2.45) is 0 Å². The highest BCUT2D eigenvalue weighted by Crippen LogP contribution is 2.29. The van der Waals surface area contributed by atoms with Crippen molar-refractivity contribution in [2.75, 3.05) is 26.3 Å². The van der Waals surface area contributed by atoms with Crippen molar-refractivity contribution in [3.05, 3.63) is 54.6 Å². The molecular formula is C19H19NO5. The molecule has 2 aromatic rings. The minimum atomic E-state index is -1.06. The molecule has 0 aliphatic carbocycles. The zero-order chi connectivity index (χ0) is 17.6. The van der Waals surface area contributed by atoms with Crippen LogP contribution in [0.3, 0.4) is 0 Å². The van der Waals surface area contributed by atoms with Gasteiger partial charge in [-0.05, 0) is 11.6 Å². The average molecular weight is 341 g/mol. The molecule has 3 rings (SSSR count). The lowest BCUT2D eigenvalue weighted by Crippen LogP contribution is -2.49. The maximum absolute atomic E-state index is 12.3. The molecule has 6 heteroatoms. The molecular weight excluding hydrogens is 322 g/mol. The van der Waals surface area contributed by atoms with Crippen LogP contribution in [0.25, 0.3) is 11.1 Å². The highest BCUT2D eigenvalue weighted by molar-refractivity contribution is 5.80. The number of aliphatic carboxylic acids is 1. The summed E-state index contributed by atoms with van der Waals surface area (Å²) in [7, 11) is 0. The summed E-state index contributed by atoms with van der Waals surface area (Å²) in [6, 6.07) is 17.3. The fourth-order valence-corrected chi connectivity index (χ4v) is 2.70. The molecule has 1 atom stereocenters. The number of para-hydroxylation sites is 1. The second kappa shape index (κ2) is 7.81. The lowest BCUT2D eigenvalue weighted by atomic mass is 10.1. The van der Waals surface area contributed by atoms with Crippen LogP contribution in [0.4, 0.5) is 0 Å². The van der Waals surface area contributed by atoms with E-state index in [0.29, 0.717) is 12.3 Å². The van der Waals surface area contributed by atoms with E-state index >= 15 is 0 Å². The van der Waals surface area contributed by atoms with E-state index in [1.807, 2.05) is 54.6 Å². The number of rotatable bonds is 5. The Kier molecular flexibility index (Phi) is 5.30. The fourth-order valence-electron chi connectivity index (χ4n) is 2.70. The molecule has 0 aromatic heterocycles. The van der Waals surface area contributed by atoms with Gasteiger partial charge in [0.1, 0.15) is 5.75 Å². The third-order valence-corrected chi connectivity index (χ3v) is 4.02. The Morgan fingerprint density at radius 3 is 2.60 bits per heavy atom. The van der Waals surface area contributed by atoms with E-state index in [9.17, 15) is 9.59 Å². The molecule has 0 spiro atoms. The number of nitrogens with zero attached hydrogens (tertiary/aromatic N) is 1. The minimum absolute atomic E-state index is 0.0395. The van der Waals surface area contributed by atoms with Crippen LogP contribution in [0.1, 0.15) is 0 Å². The van der Waals surface area contributed by atoms with Crippen LogP contribution in [0.5, 0.6) is 5.75 Å². The molecule has 1 saturated heterocycles. The normalized spacial score (nSPS) is 17.1. The lowest BCUT2D eigenvalue weighted by Gasteiger charge is -2.30. The second-order valence-electron chi connectivity index (χ2n) is 5.69. The number of amides is 1. The number of carbonyl (C=O) groups is 2. The van der Waals surface area contributed by atoms with Crippen LogP contribution in [-0.2, 0) is 14.3 Å². The maximum atomic E-state index is 12.3. The van der Waals surface area contributed by atoms with Gasteiger partial charge in [-0.25, -0.2) is 4.79 Å². The quantitative estimate of drug-likeness (QED) is 0.901. The number of morpholine rings is 1.